The van der Waals surface area contributed by atoms with Crippen molar-refractivity contribution < 1.29 is 22.7 Å². The monoisotopic (exact) mass is 400 g/mol. The molecule has 0 fully saturated rings. The Morgan fingerprint density at radius 1 is 1.23 bits per heavy atom. The van der Waals surface area contributed by atoms with E-state index in [2.05, 4.69) is 10.0 Å². The molecule has 0 aliphatic rings. The minimum atomic E-state index is -4.00. The van der Waals surface area contributed by atoms with E-state index < -0.39 is 27.8 Å². The molecule has 0 spiro atoms. The summed E-state index contributed by atoms with van der Waals surface area (Å²) in [6.45, 7) is 1.60. The van der Waals surface area contributed by atoms with Gasteiger partial charge in [-0.25, -0.2) is 12.8 Å². The van der Waals surface area contributed by atoms with Crippen LogP contribution in [0.15, 0.2) is 47.4 Å². The van der Waals surface area contributed by atoms with Gasteiger partial charge in [0.25, 0.3) is 15.9 Å². The number of benzene rings is 2. The Hall–Kier alpha value is -2.16. The predicted octanol–water partition coefficient (Wildman–Crippen LogP) is 2.78. The molecule has 2 aromatic rings. The largest absolute Gasteiger partial charge is 0.394 e. The van der Waals surface area contributed by atoms with Crippen LogP contribution in [0.3, 0.4) is 0 Å². The number of nitrogens with one attached hydrogen (secondary N) is 2. The molecule has 0 aliphatic carbocycles. The Morgan fingerprint density at radius 2 is 1.88 bits per heavy atom. The third kappa shape index (κ3) is 4.94. The summed E-state index contributed by atoms with van der Waals surface area (Å²) in [7, 11) is -4.00. The Balaban J connectivity index is 2.27. The maximum absolute atomic E-state index is 13.0. The van der Waals surface area contributed by atoms with Crippen molar-refractivity contribution in [3.63, 3.8) is 0 Å². The molecule has 0 saturated heterocycles. The van der Waals surface area contributed by atoms with Crippen molar-refractivity contribution in [3.05, 3.63) is 58.9 Å². The Kier molecular flexibility index (Phi) is 6.57. The molecule has 1 amide bonds. The maximum atomic E-state index is 13.0. The molecule has 0 radical (unpaired) electrons. The van der Waals surface area contributed by atoms with E-state index in [4.69, 9.17) is 16.7 Å². The predicted molar refractivity (Wildman–Crippen MR) is 97.3 cm³/mol. The topological polar surface area (TPSA) is 95.5 Å². The molecule has 9 heteroatoms. The first-order chi connectivity index (χ1) is 12.3. The lowest BCUT2D eigenvalue weighted by Gasteiger charge is -2.15. The van der Waals surface area contributed by atoms with Crippen LogP contribution >= 0.6 is 11.6 Å². The molecule has 1 unspecified atom stereocenters. The fraction of sp³-hybridized carbons (Fsp3) is 0.235. The summed E-state index contributed by atoms with van der Waals surface area (Å²) in [6.07, 6.45) is 0.542. The fourth-order valence-electron chi connectivity index (χ4n) is 2.11. The lowest BCUT2D eigenvalue weighted by Crippen LogP contribution is -2.36. The van der Waals surface area contributed by atoms with Crippen LogP contribution in [0.4, 0.5) is 10.1 Å². The van der Waals surface area contributed by atoms with Gasteiger partial charge in [-0.2, -0.15) is 0 Å². The lowest BCUT2D eigenvalue weighted by atomic mass is 10.1. The first kappa shape index (κ1) is 20.2. The van der Waals surface area contributed by atoms with E-state index >= 15 is 0 Å². The third-order valence-corrected chi connectivity index (χ3v) is 5.36. The molecule has 0 aromatic heterocycles. The molecule has 0 bridgehead atoms. The van der Waals surface area contributed by atoms with Crippen molar-refractivity contribution in [1.82, 2.24) is 5.32 Å². The first-order valence-electron chi connectivity index (χ1n) is 7.76. The second kappa shape index (κ2) is 8.48. The minimum Gasteiger partial charge on any atom is -0.394 e. The molecule has 2 aromatic carbocycles. The summed E-state index contributed by atoms with van der Waals surface area (Å²) in [5.41, 5.74) is 0.193. The number of amides is 1. The van der Waals surface area contributed by atoms with Crippen LogP contribution in [-0.2, 0) is 10.0 Å². The van der Waals surface area contributed by atoms with Gasteiger partial charge in [-0.3, -0.25) is 9.52 Å². The Morgan fingerprint density at radius 3 is 2.46 bits per heavy atom. The van der Waals surface area contributed by atoms with E-state index in [9.17, 15) is 17.6 Å². The molecule has 0 saturated carbocycles. The number of aliphatic hydroxyl groups excluding tert-OH is 1. The van der Waals surface area contributed by atoms with Crippen LogP contribution < -0.4 is 10.0 Å². The van der Waals surface area contributed by atoms with Gasteiger partial charge in [-0.15, -0.1) is 0 Å². The quantitative estimate of drug-likeness (QED) is 0.666. The number of sulfonamides is 1. The van der Waals surface area contributed by atoms with Gasteiger partial charge >= 0.3 is 0 Å². The summed E-state index contributed by atoms with van der Waals surface area (Å²) < 4.78 is 40.0. The van der Waals surface area contributed by atoms with Crippen molar-refractivity contribution in [1.29, 1.82) is 0 Å². The zero-order chi connectivity index (χ0) is 19.3. The number of rotatable bonds is 7. The van der Waals surface area contributed by atoms with Gasteiger partial charge in [0.2, 0.25) is 0 Å². The summed E-state index contributed by atoms with van der Waals surface area (Å²) in [6, 6.07) is 8.01. The Labute approximate surface area is 156 Å². The minimum absolute atomic E-state index is 0.0145. The van der Waals surface area contributed by atoms with Crippen molar-refractivity contribution in [2.75, 3.05) is 11.3 Å². The number of anilines is 1. The second-order valence-corrected chi connectivity index (χ2v) is 7.60. The molecule has 140 valence electrons. The van der Waals surface area contributed by atoms with Gasteiger partial charge in [-0.1, -0.05) is 18.5 Å². The zero-order valence-electron chi connectivity index (χ0n) is 13.9. The molecular formula is C17H18ClFN2O4S. The van der Waals surface area contributed by atoms with Gasteiger partial charge in [0.15, 0.2) is 0 Å². The zero-order valence-corrected chi connectivity index (χ0v) is 15.4. The number of carbonyl (C=O) groups excluding carboxylic acids is 1. The molecule has 26 heavy (non-hydrogen) atoms. The van der Waals surface area contributed by atoms with Gasteiger partial charge < -0.3 is 10.4 Å². The van der Waals surface area contributed by atoms with Gasteiger partial charge in [0.1, 0.15) is 5.82 Å². The number of aliphatic hydroxyl groups is 1. The number of halogens is 2. The summed E-state index contributed by atoms with van der Waals surface area (Å²) >= 11 is 6.02. The van der Waals surface area contributed by atoms with Crippen molar-refractivity contribution in [2.24, 2.45) is 0 Å². The standard InChI is InChI=1S/C17H18ClFN2O4S/c1-2-13(10-22)20-17(23)11-3-8-15(18)16(9-11)21-26(24,25)14-6-4-12(19)5-7-14/h3-9,13,21-22H,2,10H2,1H3,(H,20,23). The number of hydrogen-bond donors (Lipinski definition) is 3. The van der Waals surface area contributed by atoms with Crippen LogP contribution in [0.25, 0.3) is 0 Å². The highest BCUT2D eigenvalue weighted by atomic mass is 35.5. The average molecular weight is 401 g/mol. The molecule has 0 aliphatic heterocycles. The lowest BCUT2D eigenvalue weighted by molar-refractivity contribution is 0.0915. The highest BCUT2D eigenvalue weighted by Crippen LogP contribution is 2.26. The molecule has 1 atom stereocenters. The molecular weight excluding hydrogens is 383 g/mol. The van der Waals surface area contributed by atoms with Crippen molar-refractivity contribution in [2.45, 2.75) is 24.3 Å². The van der Waals surface area contributed by atoms with Gasteiger partial charge in [0, 0.05) is 5.56 Å². The average Bonchev–Trinajstić information content (AvgIpc) is 2.61. The van der Waals surface area contributed by atoms with E-state index in [1.54, 1.807) is 0 Å². The summed E-state index contributed by atoms with van der Waals surface area (Å²) in [5.74, 6) is -1.03. The van der Waals surface area contributed by atoms with E-state index in [1.165, 1.54) is 18.2 Å². The SMILES string of the molecule is CCC(CO)NC(=O)c1ccc(Cl)c(NS(=O)(=O)c2ccc(F)cc2)c1. The fourth-order valence-corrected chi connectivity index (χ4v) is 3.40. The van der Waals surface area contributed by atoms with Crippen LogP contribution in [0.2, 0.25) is 5.02 Å². The number of hydrogen-bond acceptors (Lipinski definition) is 4. The second-order valence-electron chi connectivity index (χ2n) is 5.52. The summed E-state index contributed by atoms with van der Waals surface area (Å²) in [4.78, 5) is 12.1. The van der Waals surface area contributed by atoms with Crippen LogP contribution in [-0.4, -0.2) is 32.1 Å². The molecule has 0 heterocycles. The van der Waals surface area contributed by atoms with Gasteiger partial charge in [-0.05, 0) is 48.9 Å². The van der Waals surface area contributed by atoms with E-state index in [-0.39, 0.29) is 27.8 Å². The van der Waals surface area contributed by atoms with E-state index in [0.29, 0.717) is 6.42 Å². The smallest absolute Gasteiger partial charge is 0.261 e. The van der Waals surface area contributed by atoms with E-state index in [0.717, 1.165) is 24.3 Å². The van der Waals surface area contributed by atoms with Crippen LogP contribution in [0.5, 0.6) is 0 Å². The van der Waals surface area contributed by atoms with Crippen molar-refractivity contribution >= 4 is 33.2 Å². The normalized spacial score (nSPS) is 12.5. The Bertz CT molecular complexity index is 884. The maximum Gasteiger partial charge on any atom is 0.261 e. The van der Waals surface area contributed by atoms with Crippen LogP contribution in [0, 0.1) is 5.82 Å². The molecule has 3 N–H and O–H groups in total. The third-order valence-electron chi connectivity index (χ3n) is 3.65. The molecule has 6 nitrogen and oxygen atoms in total. The number of carbonyl (C=O) groups is 1. The highest BCUT2D eigenvalue weighted by Gasteiger charge is 2.18. The van der Waals surface area contributed by atoms with Crippen LogP contribution in [0.1, 0.15) is 23.7 Å². The van der Waals surface area contributed by atoms with Gasteiger partial charge in [0.05, 0.1) is 28.3 Å². The molecule has 2 rings (SSSR count). The van der Waals surface area contributed by atoms with E-state index in [1.807, 2.05) is 6.92 Å². The summed E-state index contributed by atoms with van der Waals surface area (Å²) in [5, 5.41) is 11.9. The van der Waals surface area contributed by atoms with Crippen molar-refractivity contribution in [3.8, 4) is 0 Å². The highest BCUT2D eigenvalue weighted by molar-refractivity contribution is 7.92. The first-order valence-corrected chi connectivity index (χ1v) is 9.62.